The zero-order valence-corrected chi connectivity index (χ0v) is 12.6. The average Bonchev–Trinajstić information content (AvgIpc) is 3.20. The lowest BCUT2D eigenvalue weighted by atomic mass is 10.1. The zero-order chi connectivity index (χ0) is 14.1. The fraction of sp³-hybridized carbons (Fsp3) is 0.857. The van der Waals surface area contributed by atoms with Gasteiger partial charge in [0.15, 0.2) is 5.82 Å². The Morgan fingerprint density at radius 1 is 1.40 bits per heavy atom. The highest BCUT2D eigenvalue weighted by molar-refractivity contribution is 4.96. The first-order chi connectivity index (χ1) is 9.67. The molecule has 0 spiro atoms. The van der Waals surface area contributed by atoms with Gasteiger partial charge in [-0.15, -0.1) is 0 Å². The van der Waals surface area contributed by atoms with Gasteiger partial charge < -0.3 is 9.26 Å². The molecular weight excluding hydrogens is 256 g/mol. The highest BCUT2D eigenvalue weighted by atomic mass is 16.5. The number of methoxy groups -OCH3 is 1. The molecule has 0 N–H and O–H groups in total. The minimum absolute atomic E-state index is 0.196. The van der Waals surface area contributed by atoms with Crippen LogP contribution >= 0.6 is 0 Å². The van der Waals surface area contributed by atoms with Crippen LogP contribution in [0, 0.1) is 12.8 Å². The Morgan fingerprint density at radius 2 is 2.20 bits per heavy atom. The maximum atomic E-state index is 5.64. The summed E-state index contributed by atoms with van der Waals surface area (Å²) in [7, 11) is 3.95. The number of ether oxygens (including phenoxy) is 1. The first-order valence-electron chi connectivity index (χ1n) is 7.43. The van der Waals surface area contributed by atoms with Gasteiger partial charge in [0.1, 0.15) is 6.04 Å². The number of aromatic nitrogens is 2. The van der Waals surface area contributed by atoms with Crippen LogP contribution in [0.5, 0.6) is 0 Å². The Bertz CT molecular complexity index is 446. The van der Waals surface area contributed by atoms with Crippen molar-refractivity contribution in [2.75, 3.05) is 40.3 Å². The van der Waals surface area contributed by atoms with Crippen molar-refractivity contribution in [3.8, 4) is 0 Å². The van der Waals surface area contributed by atoms with Crippen LogP contribution in [-0.4, -0.2) is 66.4 Å². The third-order valence-corrected chi connectivity index (χ3v) is 4.45. The van der Waals surface area contributed by atoms with Crippen LogP contribution in [0.4, 0.5) is 0 Å². The van der Waals surface area contributed by atoms with Crippen LogP contribution in [0.2, 0.25) is 0 Å². The second kappa shape index (κ2) is 5.79. The van der Waals surface area contributed by atoms with Crippen molar-refractivity contribution in [1.82, 2.24) is 19.9 Å². The van der Waals surface area contributed by atoms with E-state index >= 15 is 0 Å². The quantitative estimate of drug-likeness (QED) is 0.805. The van der Waals surface area contributed by atoms with Crippen LogP contribution in [0.3, 0.4) is 0 Å². The smallest absolute Gasteiger partial charge is 0.245 e. The summed E-state index contributed by atoms with van der Waals surface area (Å²) < 4.78 is 11.0. The molecule has 2 heterocycles. The highest BCUT2D eigenvalue weighted by Gasteiger charge is 2.35. The standard InChI is InChI=1S/C14H24N4O2/c1-10-15-14(20-16-10)12-8-18(7-6-17(12)2)9-13(19-3)11-4-5-11/h11-13H,4-9H2,1-3H3/t12-,13+/m0/s1. The molecule has 1 saturated heterocycles. The summed E-state index contributed by atoms with van der Waals surface area (Å²) in [5.74, 6) is 2.21. The van der Waals surface area contributed by atoms with E-state index < -0.39 is 0 Å². The SMILES string of the molecule is CO[C@H](CN1CCN(C)[C@H](c2nc(C)no2)C1)C1CC1. The van der Waals surface area contributed by atoms with E-state index in [0.29, 0.717) is 11.9 Å². The van der Waals surface area contributed by atoms with E-state index in [0.717, 1.165) is 38.0 Å². The Kier molecular flexibility index (Phi) is 4.05. The Labute approximate surface area is 120 Å². The minimum atomic E-state index is 0.196. The third kappa shape index (κ3) is 3.02. The predicted octanol–water partition coefficient (Wildman–Crippen LogP) is 1.09. The zero-order valence-electron chi connectivity index (χ0n) is 12.6. The molecule has 112 valence electrons. The summed E-state index contributed by atoms with van der Waals surface area (Å²) in [5, 5.41) is 3.91. The summed E-state index contributed by atoms with van der Waals surface area (Å²) in [4.78, 5) is 9.15. The van der Waals surface area contributed by atoms with Crippen molar-refractivity contribution in [3.63, 3.8) is 0 Å². The van der Waals surface area contributed by atoms with E-state index in [1.165, 1.54) is 12.8 Å². The normalized spacial score (nSPS) is 26.9. The van der Waals surface area contributed by atoms with Crippen LogP contribution in [-0.2, 0) is 4.74 Å². The Morgan fingerprint density at radius 3 is 2.80 bits per heavy atom. The topological polar surface area (TPSA) is 54.6 Å². The van der Waals surface area contributed by atoms with Gasteiger partial charge in [0, 0.05) is 33.3 Å². The molecule has 0 unspecified atom stereocenters. The van der Waals surface area contributed by atoms with Gasteiger partial charge in [-0.05, 0) is 32.7 Å². The van der Waals surface area contributed by atoms with Gasteiger partial charge in [0.05, 0.1) is 6.10 Å². The van der Waals surface area contributed by atoms with Crippen LogP contribution in [0.15, 0.2) is 4.52 Å². The molecule has 2 aliphatic rings. The molecule has 1 aliphatic carbocycles. The van der Waals surface area contributed by atoms with Crippen molar-refractivity contribution < 1.29 is 9.26 Å². The molecule has 1 aromatic heterocycles. The molecule has 0 bridgehead atoms. The molecular formula is C14H24N4O2. The van der Waals surface area contributed by atoms with Gasteiger partial charge in [-0.2, -0.15) is 4.98 Å². The lowest BCUT2D eigenvalue weighted by molar-refractivity contribution is 0.0130. The molecule has 1 saturated carbocycles. The van der Waals surface area contributed by atoms with Crippen LogP contribution < -0.4 is 0 Å². The molecule has 0 aromatic carbocycles. The van der Waals surface area contributed by atoms with E-state index in [9.17, 15) is 0 Å². The van der Waals surface area contributed by atoms with Crippen LogP contribution in [0.1, 0.15) is 30.6 Å². The number of aryl methyl sites for hydroxylation is 1. The van der Waals surface area contributed by atoms with E-state index in [1.807, 2.05) is 14.0 Å². The third-order valence-electron chi connectivity index (χ3n) is 4.45. The molecule has 0 amide bonds. The molecule has 2 atom stereocenters. The Balaban J connectivity index is 1.63. The van der Waals surface area contributed by atoms with Crippen molar-refractivity contribution in [2.24, 2.45) is 5.92 Å². The largest absolute Gasteiger partial charge is 0.380 e. The Hall–Kier alpha value is -0.980. The molecule has 1 aliphatic heterocycles. The first-order valence-corrected chi connectivity index (χ1v) is 7.43. The van der Waals surface area contributed by atoms with Gasteiger partial charge in [-0.25, -0.2) is 0 Å². The summed E-state index contributed by atoms with van der Waals surface area (Å²) >= 11 is 0. The van der Waals surface area contributed by atoms with Crippen molar-refractivity contribution in [1.29, 1.82) is 0 Å². The number of hydrogen-bond donors (Lipinski definition) is 0. The first kappa shape index (κ1) is 14.0. The van der Waals surface area contributed by atoms with Crippen molar-refractivity contribution in [3.05, 3.63) is 11.7 Å². The van der Waals surface area contributed by atoms with Gasteiger partial charge in [-0.1, -0.05) is 5.16 Å². The molecule has 6 heteroatoms. The lowest BCUT2D eigenvalue weighted by Gasteiger charge is -2.38. The van der Waals surface area contributed by atoms with Crippen molar-refractivity contribution >= 4 is 0 Å². The summed E-state index contributed by atoms with van der Waals surface area (Å²) in [6, 6.07) is 0.196. The fourth-order valence-corrected chi connectivity index (χ4v) is 2.95. The number of piperazine rings is 1. The number of nitrogens with zero attached hydrogens (tertiary/aromatic N) is 4. The van der Waals surface area contributed by atoms with E-state index in [4.69, 9.17) is 9.26 Å². The second-order valence-corrected chi connectivity index (χ2v) is 6.05. The highest BCUT2D eigenvalue weighted by Crippen LogP contribution is 2.35. The maximum Gasteiger partial charge on any atom is 0.245 e. The minimum Gasteiger partial charge on any atom is -0.380 e. The molecule has 1 aromatic rings. The second-order valence-electron chi connectivity index (χ2n) is 6.05. The van der Waals surface area contributed by atoms with Crippen LogP contribution in [0.25, 0.3) is 0 Å². The van der Waals surface area contributed by atoms with Gasteiger partial charge in [0.25, 0.3) is 0 Å². The van der Waals surface area contributed by atoms with Gasteiger partial charge in [-0.3, -0.25) is 9.80 Å². The predicted molar refractivity (Wildman–Crippen MR) is 74.4 cm³/mol. The molecule has 6 nitrogen and oxygen atoms in total. The van der Waals surface area contributed by atoms with Gasteiger partial charge >= 0.3 is 0 Å². The molecule has 20 heavy (non-hydrogen) atoms. The number of hydrogen-bond acceptors (Lipinski definition) is 6. The van der Waals surface area contributed by atoms with E-state index in [2.05, 4.69) is 27.0 Å². The van der Waals surface area contributed by atoms with Crippen molar-refractivity contribution in [2.45, 2.75) is 31.9 Å². The van der Waals surface area contributed by atoms with E-state index in [-0.39, 0.29) is 6.04 Å². The monoisotopic (exact) mass is 280 g/mol. The summed E-state index contributed by atoms with van der Waals surface area (Å²) in [5.41, 5.74) is 0. The average molecular weight is 280 g/mol. The molecule has 3 rings (SSSR count). The maximum absolute atomic E-state index is 5.64. The van der Waals surface area contributed by atoms with Gasteiger partial charge in [0.2, 0.25) is 5.89 Å². The summed E-state index contributed by atoms with van der Waals surface area (Å²) in [6.07, 6.45) is 3.01. The number of likely N-dealkylation sites (N-methyl/N-ethyl adjacent to an activating group) is 1. The number of rotatable bonds is 5. The fourth-order valence-electron chi connectivity index (χ4n) is 2.95. The molecule has 0 radical (unpaired) electrons. The van der Waals surface area contributed by atoms with E-state index in [1.54, 1.807) is 0 Å². The molecule has 2 fully saturated rings. The lowest BCUT2D eigenvalue weighted by Crippen LogP contribution is -2.49. The summed E-state index contributed by atoms with van der Waals surface area (Å²) in [6.45, 7) is 5.91.